The number of ether oxygens (including phenoxy) is 1. The maximum atomic E-state index is 13.7. The molecule has 0 saturated heterocycles. The van der Waals surface area contributed by atoms with Crippen LogP contribution in [0.5, 0.6) is 0 Å². The molecule has 0 radical (unpaired) electrons. The van der Waals surface area contributed by atoms with Gasteiger partial charge in [0.2, 0.25) is 5.91 Å². The fourth-order valence-electron chi connectivity index (χ4n) is 2.11. The Morgan fingerprint density at radius 2 is 1.81 bits per heavy atom. The third kappa shape index (κ3) is 5.54. The second-order valence-corrected chi connectivity index (χ2v) is 6.77. The Hall–Kier alpha value is -2.96. The molecule has 0 aliphatic heterocycles. The molecule has 26 heavy (non-hydrogen) atoms. The summed E-state index contributed by atoms with van der Waals surface area (Å²) in [5.74, 6) is -0.813. The van der Waals surface area contributed by atoms with Crippen LogP contribution in [0.1, 0.15) is 27.7 Å². The van der Waals surface area contributed by atoms with Crippen LogP contribution >= 0.6 is 0 Å². The largest absolute Gasteiger partial charge is 0.444 e. The smallest absolute Gasteiger partial charge is 0.408 e. The molecule has 2 rings (SSSR count). The minimum absolute atomic E-state index is 0.241. The first-order valence-corrected chi connectivity index (χ1v) is 8.17. The fourth-order valence-corrected chi connectivity index (χ4v) is 2.11. The SMILES string of the molecule is C[C@@H](NC(=O)OC(C)(C)C)C(=O)Nc1ccc(-c2ncccc2F)cc1. The molecule has 0 saturated carbocycles. The zero-order chi connectivity index (χ0) is 19.3. The molecule has 6 nitrogen and oxygen atoms in total. The number of aromatic nitrogens is 1. The van der Waals surface area contributed by atoms with Gasteiger partial charge in [-0.25, -0.2) is 9.18 Å². The van der Waals surface area contributed by atoms with Gasteiger partial charge >= 0.3 is 6.09 Å². The maximum Gasteiger partial charge on any atom is 0.408 e. The summed E-state index contributed by atoms with van der Waals surface area (Å²) in [6, 6.07) is 8.68. The molecule has 0 spiro atoms. The van der Waals surface area contributed by atoms with E-state index in [1.807, 2.05) is 0 Å². The van der Waals surface area contributed by atoms with Crippen molar-refractivity contribution in [2.45, 2.75) is 39.3 Å². The first kappa shape index (κ1) is 19.4. The van der Waals surface area contributed by atoms with Crippen LogP contribution in [0.25, 0.3) is 11.3 Å². The number of alkyl carbamates (subject to hydrolysis) is 1. The minimum atomic E-state index is -0.780. The summed E-state index contributed by atoms with van der Waals surface area (Å²) in [6.45, 7) is 6.77. The minimum Gasteiger partial charge on any atom is -0.444 e. The molecule has 1 atom stereocenters. The van der Waals surface area contributed by atoms with Crippen LogP contribution in [0.3, 0.4) is 0 Å². The highest BCUT2D eigenvalue weighted by molar-refractivity contribution is 5.96. The number of amides is 2. The number of halogens is 1. The van der Waals surface area contributed by atoms with E-state index in [9.17, 15) is 14.0 Å². The number of pyridine rings is 1. The number of hydrogen-bond acceptors (Lipinski definition) is 4. The van der Waals surface area contributed by atoms with Crippen LogP contribution in [0.15, 0.2) is 42.6 Å². The summed E-state index contributed by atoms with van der Waals surface area (Å²) in [5.41, 5.74) is 0.718. The lowest BCUT2D eigenvalue weighted by Gasteiger charge is -2.21. The van der Waals surface area contributed by atoms with Gasteiger partial charge in [-0.1, -0.05) is 12.1 Å². The molecule has 138 valence electrons. The second kappa shape index (κ2) is 7.95. The van der Waals surface area contributed by atoms with E-state index < -0.39 is 29.5 Å². The predicted molar refractivity (Wildman–Crippen MR) is 97.1 cm³/mol. The fraction of sp³-hybridized carbons (Fsp3) is 0.316. The zero-order valence-corrected chi connectivity index (χ0v) is 15.2. The predicted octanol–water partition coefficient (Wildman–Crippen LogP) is 3.74. The summed E-state index contributed by atoms with van der Waals surface area (Å²) in [6.07, 6.45) is 0.846. The topological polar surface area (TPSA) is 80.3 Å². The Labute approximate surface area is 151 Å². The highest BCUT2D eigenvalue weighted by Gasteiger charge is 2.21. The molecular weight excluding hydrogens is 337 g/mol. The molecule has 2 amide bonds. The van der Waals surface area contributed by atoms with E-state index in [-0.39, 0.29) is 5.69 Å². The van der Waals surface area contributed by atoms with Gasteiger partial charge in [-0.05, 0) is 52.0 Å². The number of anilines is 1. The van der Waals surface area contributed by atoms with Crippen molar-refractivity contribution in [1.82, 2.24) is 10.3 Å². The maximum absolute atomic E-state index is 13.7. The first-order valence-electron chi connectivity index (χ1n) is 8.17. The molecule has 0 aliphatic carbocycles. The summed E-state index contributed by atoms with van der Waals surface area (Å²) >= 11 is 0. The third-order valence-corrected chi connectivity index (χ3v) is 3.31. The molecule has 7 heteroatoms. The van der Waals surface area contributed by atoms with Gasteiger partial charge in [0.05, 0.1) is 0 Å². The standard InChI is InChI=1S/C19H22FN3O3/c1-12(22-18(25)26-19(2,3)4)17(24)23-14-9-7-13(8-10-14)16-15(20)6-5-11-21-16/h5-12H,1-4H3,(H,22,25)(H,23,24)/t12-/m1/s1. The Kier molecular flexibility index (Phi) is 5.92. The lowest BCUT2D eigenvalue weighted by atomic mass is 10.1. The lowest BCUT2D eigenvalue weighted by molar-refractivity contribution is -0.117. The molecule has 0 bridgehead atoms. The Morgan fingerprint density at radius 1 is 1.15 bits per heavy atom. The molecule has 1 aromatic heterocycles. The molecule has 2 N–H and O–H groups in total. The van der Waals surface area contributed by atoms with Crippen LogP contribution in [-0.4, -0.2) is 28.6 Å². The van der Waals surface area contributed by atoms with Crippen molar-refractivity contribution in [2.75, 3.05) is 5.32 Å². The number of benzene rings is 1. The highest BCUT2D eigenvalue weighted by Crippen LogP contribution is 2.21. The molecule has 0 aliphatic rings. The van der Waals surface area contributed by atoms with E-state index in [1.54, 1.807) is 52.0 Å². The van der Waals surface area contributed by atoms with Crippen molar-refractivity contribution >= 4 is 17.7 Å². The number of rotatable bonds is 4. The quantitative estimate of drug-likeness (QED) is 0.871. The van der Waals surface area contributed by atoms with Crippen molar-refractivity contribution in [1.29, 1.82) is 0 Å². The Bertz CT molecular complexity index is 785. The van der Waals surface area contributed by atoms with E-state index >= 15 is 0 Å². The van der Waals surface area contributed by atoms with Crippen LogP contribution in [0.4, 0.5) is 14.9 Å². The molecule has 0 fully saturated rings. The molecule has 1 aromatic carbocycles. The highest BCUT2D eigenvalue weighted by atomic mass is 19.1. The van der Waals surface area contributed by atoms with Gasteiger partial charge in [-0.2, -0.15) is 0 Å². The number of carbonyl (C=O) groups excluding carboxylic acids is 2. The van der Waals surface area contributed by atoms with Crippen LogP contribution in [0, 0.1) is 5.82 Å². The second-order valence-electron chi connectivity index (χ2n) is 6.77. The average Bonchev–Trinajstić information content (AvgIpc) is 2.54. The van der Waals surface area contributed by atoms with Gasteiger partial charge in [-0.3, -0.25) is 9.78 Å². The molecular formula is C19H22FN3O3. The molecule has 2 aromatic rings. The van der Waals surface area contributed by atoms with Gasteiger partial charge in [0.25, 0.3) is 0 Å². The van der Waals surface area contributed by atoms with Crippen LogP contribution in [0.2, 0.25) is 0 Å². The van der Waals surface area contributed by atoms with Gasteiger partial charge in [-0.15, -0.1) is 0 Å². The Morgan fingerprint density at radius 3 is 2.38 bits per heavy atom. The van der Waals surface area contributed by atoms with Gasteiger partial charge in [0, 0.05) is 17.4 Å². The van der Waals surface area contributed by atoms with Gasteiger partial charge in [0.1, 0.15) is 23.2 Å². The van der Waals surface area contributed by atoms with Crippen molar-refractivity contribution in [2.24, 2.45) is 0 Å². The summed E-state index contributed by atoms with van der Waals surface area (Å²) in [5, 5.41) is 5.15. The van der Waals surface area contributed by atoms with Crippen molar-refractivity contribution in [3.8, 4) is 11.3 Å². The van der Waals surface area contributed by atoms with Crippen molar-refractivity contribution in [3.05, 3.63) is 48.4 Å². The van der Waals surface area contributed by atoms with Crippen molar-refractivity contribution < 1.29 is 18.7 Å². The third-order valence-electron chi connectivity index (χ3n) is 3.31. The number of carbonyl (C=O) groups is 2. The number of hydrogen-bond donors (Lipinski definition) is 2. The van der Waals surface area contributed by atoms with E-state index in [0.717, 1.165) is 0 Å². The van der Waals surface area contributed by atoms with E-state index in [4.69, 9.17) is 4.74 Å². The Balaban J connectivity index is 1.97. The van der Waals surface area contributed by atoms with Crippen molar-refractivity contribution in [3.63, 3.8) is 0 Å². The first-order chi connectivity index (χ1) is 12.2. The van der Waals surface area contributed by atoms with Gasteiger partial charge < -0.3 is 15.4 Å². The molecule has 0 unspecified atom stereocenters. The summed E-state index contributed by atoms with van der Waals surface area (Å²) in [4.78, 5) is 27.9. The van der Waals surface area contributed by atoms with Crippen LogP contribution in [-0.2, 0) is 9.53 Å². The number of nitrogens with zero attached hydrogens (tertiary/aromatic N) is 1. The van der Waals surface area contributed by atoms with Gasteiger partial charge in [0.15, 0.2) is 0 Å². The average molecular weight is 359 g/mol. The zero-order valence-electron chi connectivity index (χ0n) is 15.2. The molecule has 1 heterocycles. The van der Waals surface area contributed by atoms with Crippen LogP contribution < -0.4 is 10.6 Å². The normalized spacial score (nSPS) is 12.2. The summed E-state index contributed by atoms with van der Waals surface area (Å²) < 4.78 is 18.9. The monoisotopic (exact) mass is 359 g/mol. The van der Waals surface area contributed by atoms with E-state index in [2.05, 4.69) is 15.6 Å². The van der Waals surface area contributed by atoms with E-state index in [0.29, 0.717) is 11.3 Å². The lowest BCUT2D eigenvalue weighted by Crippen LogP contribution is -2.43. The number of nitrogens with one attached hydrogen (secondary N) is 2. The summed E-state index contributed by atoms with van der Waals surface area (Å²) in [7, 11) is 0. The van der Waals surface area contributed by atoms with E-state index in [1.165, 1.54) is 18.3 Å².